The van der Waals surface area contributed by atoms with Gasteiger partial charge in [0.1, 0.15) is 24.1 Å². The van der Waals surface area contributed by atoms with Gasteiger partial charge in [-0.05, 0) is 51.4 Å². The monoisotopic (exact) mass is 495 g/mol. The van der Waals surface area contributed by atoms with Crippen molar-refractivity contribution in [1.29, 1.82) is 0 Å². The molecule has 4 rings (SSSR count). The van der Waals surface area contributed by atoms with Crippen molar-refractivity contribution < 1.29 is 23.7 Å². The average Bonchev–Trinajstić information content (AvgIpc) is 3.55. The summed E-state index contributed by atoms with van der Waals surface area (Å²) in [6.45, 7) is 0.671. The van der Waals surface area contributed by atoms with Crippen LogP contribution in [0.3, 0.4) is 0 Å². The highest BCUT2D eigenvalue weighted by Crippen LogP contribution is 2.24. The van der Waals surface area contributed by atoms with Gasteiger partial charge in [0.15, 0.2) is 5.65 Å². The van der Waals surface area contributed by atoms with Crippen molar-refractivity contribution >= 4 is 52.0 Å². The van der Waals surface area contributed by atoms with E-state index in [1.54, 1.807) is 10.9 Å². The Morgan fingerprint density at radius 3 is 2.36 bits per heavy atom. The van der Waals surface area contributed by atoms with Crippen molar-refractivity contribution in [3.8, 4) is 0 Å². The molecule has 2 heterocycles. The van der Waals surface area contributed by atoms with Crippen LogP contribution >= 0.6 is 24.4 Å². The van der Waals surface area contributed by atoms with Gasteiger partial charge in [0, 0.05) is 30.9 Å². The van der Waals surface area contributed by atoms with E-state index in [1.807, 2.05) is 0 Å². The number of thiocarbonyl (C=S) groups is 2. The van der Waals surface area contributed by atoms with E-state index in [-0.39, 0.29) is 28.6 Å². The van der Waals surface area contributed by atoms with Gasteiger partial charge in [0.25, 0.3) is 6.41 Å². The molecule has 0 bridgehead atoms. The SMILES string of the molecule is Nc1ncc2ncn(C(OCCCOC(=S)OC3CCCC3)OC(=S)OC3CCCC3)c2n1. The number of imidazole rings is 1. The van der Waals surface area contributed by atoms with Gasteiger partial charge < -0.3 is 29.4 Å². The maximum Gasteiger partial charge on any atom is 0.356 e. The molecule has 0 spiro atoms. The summed E-state index contributed by atoms with van der Waals surface area (Å²) in [6, 6.07) is 0. The van der Waals surface area contributed by atoms with E-state index in [0.29, 0.717) is 30.8 Å². The van der Waals surface area contributed by atoms with Crippen molar-refractivity contribution in [2.24, 2.45) is 0 Å². The van der Waals surface area contributed by atoms with Crippen molar-refractivity contribution in [2.75, 3.05) is 18.9 Å². The van der Waals surface area contributed by atoms with Gasteiger partial charge in [0.2, 0.25) is 5.95 Å². The van der Waals surface area contributed by atoms with Crippen LogP contribution in [0, 0.1) is 0 Å². The fourth-order valence-corrected chi connectivity index (χ4v) is 4.43. The zero-order valence-electron chi connectivity index (χ0n) is 18.4. The molecule has 2 aliphatic carbocycles. The van der Waals surface area contributed by atoms with Crippen LogP contribution in [0.4, 0.5) is 5.95 Å². The summed E-state index contributed by atoms with van der Waals surface area (Å²) in [7, 11) is 0. The van der Waals surface area contributed by atoms with E-state index in [9.17, 15) is 0 Å². The highest BCUT2D eigenvalue weighted by molar-refractivity contribution is 7.79. The van der Waals surface area contributed by atoms with Gasteiger partial charge in [-0.2, -0.15) is 4.98 Å². The highest BCUT2D eigenvalue weighted by atomic mass is 32.1. The van der Waals surface area contributed by atoms with E-state index < -0.39 is 6.41 Å². The highest BCUT2D eigenvalue weighted by Gasteiger charge is 2.24. The first-order valence-electron chi connectivity index (χ1n) is 11.4. The largest absolute Gasteiger partial charge is 0.457 e. The first kappa shape index (κ1) is 23.8. The molecular weight excluding hydrogens is 466 g/mol. The molecular formula is C21H29N5O5S2. The molecule has 1 unspecified atom stereocenters. The predicted molar refractivity (Wildman–Crippen MR) is 128 cm³/mol. The fourth-order valence-electron chi connectivity index (χ4n) is 3.99. The molecule has 33 heavy (non-hydrogen) atoms. The molecule has 180 valence electrons. The molecule has 0 amide bonds. The third-order valence-corrected chi connectivity index (χ3v) is 6.06. The maximum absolute atomic E-state index is 5.95. The summed E-state index contributed by atoms with van der Waals surface area (Å²) in [4.78, 5) is 12.5. The average molecular weight is 496 g/mol. The first-order chi connectivity index (χ1) is 16.1. The zero-order chi connectivity index (χ0) is 23.0. The number of nitrogens with two attached hydrogens (primary N) is 1. The third-order valence-electron chi connectivity index (χ3n) is 5.66. The van der Waals surface area contributed by atoms with Crippen LogP contribution in [0.1, 0.15) is 64.2 Å². The van der Waals surface area contributed by atoms with Gasteiger partial charge in [-0.15, -0.1) is 0 Å². The summed E-state index contributed by atoms with van der Waals surface area (Å²) in [5.41, 5.74) is 6.78. The lowest BCUT2D eigenvalue weighted by molar-refractivity contribution is -0.153. The number of anilines is 1. The minimum absolute atomic E-state index is 0.0261. The summed E-state index contributed by atoms with van der Waals surface area (Å²) in [5, 5.41) is 0.215. The van der Waals surface area contributed by atoms with Crippen molar-refractivity contribution in [3.05, 3.63) is 12.5 Å². The molecule has 12 heteroatoms. The Morgan fingerprint density at radius 1 is 1.00 bits per heavy atom. The molecule has 2 aliphatic rings. The quantitative estimate of drug-likeness (QED) is 0.311. The van der Waals surface area contributed by atoms with Crippen LogP contribution in [0.2, 0.25) is 0 Å². The number of nitrogen functional groups attached to an aromatic ring is 1. The molecule has 0 radical (unpaired) electrons. The molecule has 2 saturated carbocycles. The summed E-state index contributed by atoms with van der Waals surface area (Å²) < 4.78 is 30.3. The van der Waals surface area contributed by atoms with Crippen molar-refractivity contribution in [2.45, 2.75) is 76.4 Å². The third kappa shape index (κ3) is 6.84. The van der Waals surface area contributed by atoms with E-state index >= 15 is 0 Å². The first-order valence-corrected chi connectivity index (χ1v) is 12.2. The molecule has 0 saturated heterocycles. The van der Waals surface area contributed by atoms with Crippen LogP contribution < -0.4 is 5.73 Å². The fraction of sp³-hybridized carbons (Fsp3) is 0.667. The number of hydrogen-bond acceptors (Lipinski definition) is 11. The number of hydrogen-bond donors (Lipinski definition) is 1. The topological polar surface area (TPSA) is 116 Å². The molecule has 2 N–H and O–H groups in total. The number of rotatable bonds is 9. The summed E-state index contributed by atoms with van der Waals surface area (Å²) >= 11 is 10.5. The van der Waals surface area contributed by atoms with Crippen LogP contribution in [-0.4, -0.2) is 55.4 Å². The van der Waals surface area contributed by atoms with Crippen LogP contribution in [0.25, 0.3) is 11.2 Å². The van der Waals surface area contributed by atoms with Crippen LogP contribution in [-0.2, 0) is 23.7 Å². The molecule has 1 atom stereocenters. The minimum Gasteiger partial charge on any atom is -0.457 e. The molecule has 0 aromatic carbocycles. The normalized spacial score (nSPS) is 17.8. The molecule has 10 nitrogen and oxygen atoms in total. The Kier molecular flexibility index (Phi) is 8.46. The van der Waals surface area contributed by atoms with Crippen molar-refractivity contribution in [3.63, 3.8) is 0 Å². The molecule has 2 aromatic rings. The zero-order valence-corrected chi connectivity index (χ0v) is 20.0. The standard InChI is InChI=1S/C21H29N5O5S2/c22-18-23-12-16-17(25-18)26(13-24-16)19(31-21(33)30-15-8-3-4-9-15)27-10-5-11-28-20(32)29-14-6-1-2-7-14/h12-15,19H,1-11H2,(H2,22,23,25). The lowest BCUT2D eigenvalue weighted by Gasteiger charge is -2.22. The van der Waals surface area contributed by atoms with Gasteiger partial charge >= 0.3 is 10.5 Å². The summed E-state index contributed by atoms with van der Waals surface area (Å²) in [5.74, 6) is 0.122. The number of fused-ring (bicyclic) bond motifs is 1. The second kappa shape index (κ2) is 11.7. The Hall–Kier alpha value is -2.31. The van der Waals surface area contributed by atoms with Crippen LogP contribution in [0.5, 0.6) is 0 Å². The smallest absolute Gasteiger partial charge is 0.356 e. The van der Waals surface area contributed by atoms with Gasteiger partial charge in [-0.3, -0.25) is 4.57 Å². The number of nitrogens with zero attached hydrogens (tertiary/aromatic N) is 4. The van der Waals surface area contributed by atoms with E-state index in [1.165, 1.54) is 19.0 Å². The number of ether oxygens (including phenoxy) is 5. The Bertz CT molecular complexity index is 946. The number of aromatic nitrogens is 4. The lowest BCUT2D eigenvalue weighted by Crippen LogP contribution is -2.24. The maximum atomic E-state index is 5.95. The van der Waals surface area contributed by atoms with Gasteiger partial charge in [-0.25, -0.2) is 9.97 Å². The van der Waals surface area contributed by atoms with E-state index in [2.05, 4.69) is 15.0 Å². The second-order valence-electron chi connectivity index (χ2n) is 8.14. The van der Waals surface area contributed by atoms with Gasteiger partial charge in [0.05, 0.1) is 19.4 Å². The molecule has 2 aromatic heterocycles. The molecule has 2 fully saturated rings. The predicted octanol–water partition coefficient (Wildman–Crippen LogP) is 3.79. The minimum atomic E-state index is -0.931. The van der Waals surface area contributed by atoms with E-state index in [4.69, 9.17) is 53.9 Å². The Morgan fingerprint density at radius 2 is 1.67 bits per heavy atom. The van der Waals surface area contributed by atoms with Crippen LogP contribution in [0.15, 0.2) is 12.5 Å². The van der Waals surface area contributed by atoms with Crippen molar-refractivity contribution in [1.82, 2.24) is 19.5 Å². The lowest BCUT2D eigenvalue weighted by atomic mass is 10.3. The summed E-state index contributed by atoms with van der Waals surface area (Å²) in [6.07, 6.45) is 11.6. The van der Waals surface area contributed by atoms with E-state index in [0.717, 1.165) is 38.5 Å². The Labute approximate surface area is 203 Å². The molecule has 0 aliphatic heterocycles. The second-order valence-corrected chi connectivity index (χ2v) is 8.80. The van der Waals surface area contributed by atoms with Gasteiger partial charge in [-0.1, -0.05) is 0 Å². The Balaban J connectivity index is 1.31.